The summed E-state index contributed by atoms with van der Waals surface area (Å²) in [6.45, 7) is 3.03. The third-order valence-electron chi connectivity index (χ3n) is 1.28. The monoisotopic (exact) mass is 152 g/mol. The van der Waals surface area contributed by atoms with Crippen LogP contribution in [0, 0.1) is 0 Å². The van der Waals surface area contributed by atoms with E-state index in [-0.39, 0.29) is 0 Å². The van der Waals surface area contributed by atoms with E-state index in [1.165, 1.54) is 0 Å². The van der Waals surface area contributed by atoms with Gasteiger partial charge in [0.15, 0.2) is 0 Å². The minimum Gasteiger partial charge on any atom is -0.478 e. The van der Waals surface area contributed by atoms with Gasteiger partial charge in [0.25, 0.3) is 0 Å². The van der Waals surface area contributed by atoms with E-state index in [0.29, 0.717) is 19.0 Å². The fourth-order valence-corrected chi connectivity index (χ4v) is 0.800. The number of pyridine rings is 1. The molecule has 1 rings (SSSR count). The Balaban J connectivity index is 2.74. The molecule has 0 aliphatic carbocycles. The normalized spacial score (nSPS) is 9.64. The standard InChI is InChI=1S/C8H12N2O/c1-2-11-8-5-3-4-7(6-9)10-8/h3-5H,2,6,9H2,1H3. The number of hydrogen-bond acceptors (Lipinski definition) is 3. The van der Waals surface area contributed by atoms with Crippen molar-refractivity contribution in [1.82, 2.24) is 4.98 Å². The second-order valence-corrected chi connectivity index (χ2v) is 2.10. The molecular formula is C8H12N2O. The molecule has 0 aliphatic heterocycles. The van der Waals surface area contributed by atoms with Crippen molar-refractivity contribution in [3.8, 4) is 5.88 Å². The molecule has 0 spiro atoms. The Bertz CT molecular complexity index is 225. The minimum atomic E-state index is 0.459. The Morgan fingerprint density at radius 2 is 2.36 bits per heavy atom. The van der Waals surface area contributed by atoms with Gasteiger partial charge >= 0.3 is 0 Å². The lowest BCUT2D eigenvalue weighted by molar-refractivity contribution is 0.326. The molecule has 0 saturated heterocycles. The molecule has 11 heavy (non-hydrogen) atoms. The molecule has 0 aromatic carbocycles. The summed E-state index contributed by atoms with van der Waals surface area (Å²) in [5.74, 6) is 0.649. The highest BCUT2D eigenvalue weighted by Crippen LogP contribution is 2.06. The lowest BCUT2D eigenvalue weighted by atomic mass is 10.3. The highest BCUT2D eigenvalue weighted by molar-refractivity contribution is 5.15. The molecule has 60 valence electrons. The SMILES string of the molecule is CCOc1cccc(CN)n1. The van der Waals surface area contributed by atoms with Crippen LogP contribution in [0.25, 0.3) is 0 Å². The summed E-state index contributed by atoms with van der Waals surface area (Å²) >= 11 is 0. The molecule has 0 atom stereocenters. The first-order valence-electron chi connectivity index (χ1n) is 3.65. The minimum absolute atomic E-state index is 0.459. The van der Waals surface area contributed by atoms with Crippen LogP contribution in [-0.2, 0) is 6.54 Å². The molecule has 0 bridgehead atoms. The van der Waals surface area contributed by atoms with Gasteiger partial charge in [0.2, 0.25) is 5.88 Å². The average molecular weight is 152 g/mol. The Kier molecular flexibility index (Phi) is 2.86. The molecule has 1 aromatic heterocycles. The first-order chi connectivity index (χ1) is 5.36. The Labute approximate surface area is 66.2 Å². The van der Waals surface area contributed by atoms with Crippen molar-refractivity contribution >= 4 is 0 Å². The van der Waals surface area contributed by atoms with Crippen molar-refractivity contribution in [2.75, 3.05) is 6.61 Å². The Hall–Kier alpha value is -1.09. The number of ether oxygens (including phenoxy) is 1. The van der Waals surface area contributed by atoms with Crippen molar-refractivity contribution < 1.29 is 4.74 Å². The number of nitrogens with zero attached hydrogens (tertiary/aromatic N) is 1. The number of rotatable bonds is 3. The first-order valence-corrected chi connectivity index (χ1v) is 3.65. The van der Waals surface area contributed by atoms with Gasteiger partial charge in [-0.25, -0.2) is 4.98 Å². The van der Waals surface area contributed by atoms with E-state index in [9.17, 15) is 0 Å². The van der Waals surface area contributed by atoms with Crippen molar-refractivity contribution in [3.63, 3.8) is 0 Å². The fraction of sp³-hybridized carbons (Fsp3) is 0.375. The molecule has 0 radical (unpaired) electrons. The first kappa shape index (κ1) is 8.01. The zero-order chi connectivity index (χ0) is 8.10. The molecule has 0 amide bonds. The summed E-state index contributed by atoms with van der Waals surface area (Å²) in [6, 6.07) is 5.59. The fourth-order valence-electron chi connectivity index (χ4n) is 0.800. The second kappa shape index (κ2) is 3.93. The maximum atomic E-state index is 5.40. The van der Waals surface area contributed by atoms with Crippen LogP contribution in [0.15, 0.2) is 18.2 Å². The van der Waals surface area contributed by atoms with Crippen molar-refractivity contribution in [3.05, 3.63) is 23.9 Å². The zero-order valence-corrected chi connectivity index (χ0v) is 6.58. The van der Waals surface area contributed by atoms with E-state index in [1.807, 2.05) is 25.1 Å². The van der Waals surface area contributed by atoms with Crippen LogP contribution in [0.3, 0.4) is 0 Å². The van der Waals surface area contributed by atoms with Gasteiger partial charge in [-0.1, -0.05) is 6.07 Å². The third-order valence-corrected chi connectivity index (χ3v) is 1.28. The molecule has 2 N–H and O–H groups in total. The molecule has 0 unspecified atom stereocenters. The van der Waals surface area contributed by atoms with Crippen LogP contribution in [0.4, 0.5) is 0 Å². The molecule has 3 nitrogen and oxygen atoms in total. The van der Waals surface area contributed by atoms with Crippen LogP contribution in [0.1, 0.15) is 12.6 Å². The van der Waals surface area contributed by atoms with E-state index < -0.39 is 0 Å². The van der Waals surface area contributed by atoms with Crippen LogP contribution < -0.4 is 10.5 Å². The van der Waals surface area contributed by atoms with Gasteiger partial charge in [-0.05, 0) is 13.0 Å². The van der Waals surface area contributed by atoms with E-state index in [1.54, 1.807) is 0 Å². The van der Waals surface area contributed by atoms with Gasteiger partial charge in [-0.15, -0.1) is 0 Å². The predicted octanol–water partition coefficient (Wildman–Crippen LogP) is 0.939. The quantitative estimate of drug-likeness (QED) is 0.701. The molecule has 1 heterocycles. The summed E-state index contributed by atoms with van der Waals surface area (Å²) in [5, 5.41) is 0. The predicted molar refractivity (Wildman–Crippen MR) is 43.3 cm³/mol. The highest BCUT2D eigenvalue weighted by atomic mass is 16.5. The second-order valence-electron chi connectivity index (χ2n) is 2.10. The summed E-state index contributed by atoms with van der Waals surface area (Å²) < 4.78 is 5.18. The molecule has 0 saturated carbocycles. The van der Waals surface area contributed by atoms with E-state index in [0.717, 1.165) is 5.69 Å². The summed E-state index contributed by atoms with van der Waals surface area (Å²) in [6.07, 6.45) is 0. The Morgan fingerprint density at radius 1 is 1.55 bits per heavy atom. The lowest BCUT2D eigenvalue weighted by Crippen LogP contribution is -2.01. The van der Waals surface area contributed by atoms with Crippen LogP contribution in [-0.4, -0.2) is 11.6 Å². The van der Waals surface area contributed by atoms with Gasteiger partial charge in [0.1, 0.15) is 0 Å². The van der Waals surface area contributed by atoms with Crippen LogP contribution in [0.5, 0.6) is 5.88 Å². The molecule has 1 aromatic rings. The average Bonchev–Trinajstić information content (AvgIpc) is 2.06. The summed E-state index contributed by atoms with van der Waals surface area (Å²) in [7, 11) is 0. The maximum absolute atomic E-state index is 5.40. The molecule has 3 heteroatoms. The van der Waals surface area contributed by atoms with Gasteiger partial charge < -0.3 is 10.5 Å². The van der Waals surface area contributed by atoms with E-state index in [2.05, 4.69) is 4.98 Å². The third kappa shape index (κ3) is 2.20. The van der Waals surface area contributed by atoms with E-state index in [4.69, 9.17) is 10.5 Å². The number of hydrogen-bond donors (Lipinski definition) is 1. The largest absolute Gasteiger partial charge is 0.478 e. The smallest absolute Gasteiger partial charge is 0.213 e. The molecular weight excluding hydrogens is 140 g/mol. The van der Waals surface area contributed by atoms with Gasteiger partial charge in [-0.2, -0.15) is 0 Å². The Morgan fingerprint density at radius 3 is 3.00 bits per heavy atom. The van der Waals surface area contributed by atoms with Crippen molar-refractivity contribution in [2.24, 2.45) is 5.73 Å². The topological polar surface area (TPSA) is 48.1 Å². The van der Waals surface area contributed by atoms with Crippen molar-refractivity contribution in [2.45, 2.75) is 13.5 Å². The van der Waals surface area contributed by atoms with E-state index >= 15 is 0 Å². The number of aromatic nitrogens is 1. The van der Waals surface area contributed by atoms with Crippen molar-refractivity contribution in [1.29, 1.82) is 0 Å². The maximum Gasteiger partial charge on any atom is 0.213 e. The highest BCUT2D eigenvalue weighted by Gasteiger charge is 1.94. The molecule has 0 aliphatic rings. The van der Waals surface area contributed by atoms with Gasteiger partial charge in [0.05, 0.1) is 12.3 Å². The number of nitrogens with two attached hydrogens (primary N) is 1. The van der Waals surface area contributed by atoms with Gasteiger partial charge in [-0.3, -0.25) is 0 Å². The zero-order valence-electron chi connectivity index (χ0n) is 6.58. The lowest BCUT2D eigenvalue weighted by Gasteiger charge is -2.02. The van der Waals surface area contributed by atoms with Crippen LogP contribution in [0.2, 0.25) is 0 Å². The van der Waals surface area contributed by atoms with Gasteiger partial charge in [0, 0.05) is 12.6 Å². The molecule has 0 fully saturated rings. The summed E-state index contributed by atoms with van der Waals surface area (Å²) in [4.78, 5) is 4.13. The summed E-state index contributed by atoms with van der Waals surface area (Å²) in [5.41, 5.74) is 6.25. The van der Waals surface area contributed by atoms with Crippen LogP contribution >= 0.6 is 0 Å².